The monoisotopic (exact) mass is 510 g/mol. The second-order valence-corrected chi connectivity index (χ2v) is 10.1. The highest BCUT2D eigenvalue weighted by atomic mass is 32.1. The second-order valence-electron chi connectivity index (χ2n) is 8.54. The quantitative estimate of drug-likeness (QED) is 0.261. The van der Waals surface area contributed by atoms with Crippen molar-refractivity contribution in [3.8, 4) is 0 Å². The minimum absolute atomic E-state index is 0.702. The van der Waals surface area contributed by atoms with Gasteiger partial charge in [-0.2, -0.15) is 0 Å². The SMILES string of the molecule is Cc1ccccc1N1C(=S)c2ccc3c4c(ccc(c24)C1=S)C(=S)N(c1ccccc1C)C3=S. The van der Waals surface area contributed by atoms with Crippen LogP contribution in [0.3, 0.4) is 0 Å². The van der Waals surface area contributed by atoms with E-state index in [9.17, 15) is 0 Å². The van der Waals surface area contributed by atoms with Crippen molar-refractivity contribution in [2.24, 2.45) is 0 Å². The minimum Gasteiger partial charge on any atom is -0.290 e. The van der Waals surface area contributed by atoms with Crippen LogP contribution in [0.25, 0.3) is 10.8 Å². The third-order valence-corrected chi connectivity index (χ3v) is 8.22. The Bertz CT molecular complexity index is 1430. The Morgan fingerprint density at radius 2 is 0.735 bits per heavy atom. The van der Waals surface area contributed by atoms with Crippen LogP contribution < -0.4 is 9.80 Å². The summed E-state index contributed by atoms with van der Waals surface area (Å²) in [5, 5.41) is 2.09. The number of aryl methyl sites for hydroxylation is 2. The smallest absolute Gasteiger partial charge is 0.119 e. The first kappa shape index (κ1) is 21.6. The first-order valence-electron chi connectivity index (χ1n) is 10.9. The van der Waals surface area contributed by atoms with Crippen LogP contribution in [0, 0.1) is 13.8 Å². The molecule has 34 heavy (non-hydrogen) atoms. The van der Waals surface area contributed by atoms with Crippen LogP contribution in [0.5, 0.6) is 0 Å². The number of nitrogens with zero attached hydrogens (tertiary/aromatic N) is 2. The molecule has 6 heteroatoms. The molecular formula is C28H18N2S4. The molecule has 0 radical (unpaired) electrons. The zero-order valence-electron chi connectivity index (χ0n) is 18.5. The summed E-state index contributed by atoms with van der Waals surface area (Å²) in [4.78, 5) is 6.83. The fourth-order valence-corrected chi connectivity index (χ4v) is 6.50. The average molecular weight is 511 g/mol. The Morgan fingerprint density at radius 1 is 0.441 bits per heavy atom. The maximum Gasteiger partial charge on any atom is 0.119 e. The Morgan fingerprint density at radius 3 is 1.03 bits per heavy atom. The summed E-state index contributed by atoms with van der Waals surface area (Å²) in [5.41, 5.74) is 8.20. The van der Waals surface area contributed by atoms with E-state index in [2.05, 4.69) is 62.4 Å². The van der Waals surface area contributed by atoms with Gasteiger partial charge in [0.25, 0.3) is 0 Å². The van der Waals surface area contributed by atoms with Crippen molar-refractivity contribution in [2.45, 2.75) is 13.8 Å². The van der Waals surface area contributed by atoms with Crippen molar-refractivity contribution in [1.29, 1.82) is 0 Å². The summed E-state index contributed by atoms with van der Waals surface area (Å²) in [7, 11) is 0. The number of hydrogen-bond donors (Lipinski definition) is 0. The van der Waals surface area contributed by atoms with Crippen molar-refractivity contribution >= 4 is 91.0 Å². The predicted octanol–water partition coefficient (Wildman–Crippen LogP) is 7.20. The zero-order chi connectivity index (χ0) is 23.7. The molecule has 0 fully saturated rings. The number of anilines is 2. The Kier molecular flexibility index (Phi) is 4.97. The topological polar surface area (TPSA) is 6.48 Å². The lowest BCUT2D eigenvalue weighted by Gasteiger charge is -2.37. The summed E-state index contributed by atoms with van der Waals surface area (Å²) >= 11 is 24.1. The molecule has 2 nitrogen and oxygen atoms in total. The fraction of sp³-hybridized carbons (Fsp3) is 0.0714. The summed E-state index contributed by atoms with van der Waals surface area (Å²) in [6.07, 6.45) is 0. The van der Waals surface area contributed by atoms with E-state index in [0.717, 1.165) is 55.5 Å². The summed E-state index contributed by atoms with van der Waals surface area (Å²) in [6, 6.07) is 24.7. The molecule has 2 aliphatic heterocycles. The van der Waals surface area contributed by atoms with Crippen molar-refractivity contribution in [2.75, 3.05) is 9.80 Å². The van der Waals surface area contributed by atoms with E-state index in [1.807, 2.05) is 34.1 Å². The minimum atomic E-state index is 0.702. The van der Waals surface area contributed by atoms with E-state index in [-0.39, 0.29) is 0 Å². The van der Waals surface area contributed by atoms with Crippen molar-refractivity contribution in [1.82, 2.24) is 0 Å². The number of rotatable bonds is 2. The molecule has 2 heterocycles. The lowest BCUT2D eigenvalue weighted by atomic mass is 9.86. The molecule has 0 bridgehead atoms. The van der Waals surface area contributed by atoms with Gasteiger partial charge < -0.3 is 0 Å². The van der Waals surface area contributed by atoms with Crippen LogP contribution >= 0.6 is 48.9 Å². The molecule has 6 rings (SSSR count). The number of thiocarbonyl (C=S) groups is 4. The molecule has 0 aliphatic carbocycles. The van der Waals surface area contributed by atoms with Crippen LogP contribution in [0.2, 0.25) is 0 Å². The average Bonchev–Trinajstić information content (AvgIpc) is 2.83. The molecule has 0 atom stereocenters. The summed E-state index contributed by atoms with van der Waals surface area (Å²) < 4.78 is 0. The molecule has 0 aromatic heterocycles. The van der Waals surface area contributed by atoms with Crippen molar-refractivity contribution in [3.05, 3.63) is 106 Å². The molecule has 164 valence electrons. The van der Waals surface area contributed by atoms with Gasteiger partial charge in [-0.05, 0) is 37.1 Å². The molecule has 4 aromatic rings. The Balaban J connectivity index is 1.59. The molecule has 0 N–H and O–H groups in total. The first-order valence-corrected chi connectivity index (χ1v) is 12.5. The highest BCUT2D eigenvalue weighted by molar-refractivity contribution is 7.83. The van der Waals surface area contributed by atoms with Gasteiger partial charge in [-0.3, -0.25) is 9.80 Å². The van der Waals surface area contributed by atoms with Gasteiger partial charge in [-0.25, -0.2) is 0 Å². The second kappa shape index (κ2) is 7.82. The van der Waals surface area contributed by atoms with Crippen LogP contribution in [0.1, 0.15) is 33.4 Å². The van der Waals surface area contributed by atoms with Gasteiger partial charge in [0.2, 0.25) is 0 Å². The van der Waals surface area contributed by atoms with Gasteiger partial charge in [-0.15, -0.1) is 0 Å². The molecule has 4 aromatic carbocycles. The lowest BCUT2D eigenvalue weighted by molar-refractivity contribution is 1.35. The molecule has 0 spiro atoms. The molecular weight excluding hydrogens is 493 g/mol. The van der Waals surface area contributed by atoms with Crippen molar-refractivity contribution in [3.63, 3.8) is 0 Å². The highest BCUT2D eigenvalue weighted by Gasteiger charge is 2.35. The lowest BCUT2D eigenvalue weighted by Crippen LogP contribution is -2.42. The maximum absolute atomic E-state index is 6.01. The third-order valence-electron chi connectivity index (χ3n) is 6.61. The van der Waals surface area contributed by atoms with Crippen LogP contribution in [-0.2, 0) is 0 Å². The van der Waals surface area contributed by atoms with Crippen molar-refractivity contribution < 1.29 is 0 Å². The summed E-state index contributed by atoms with van der Waals surface area (Å²) in [5.74, 6) is 0. The molecule has 0 saturated carbocycles. The first-order chi connectivity index (χ1) is 16.4. The third kappa shape index (κ3) is 2.89. The van der Waals surface area contributed by atoms with Gasteiger partial charge in [0, 0.05) is 33.0 Å². The van der Waals surface area contributed by atoms with E-state index in [0.29, 0.717) is 20.0 Å². The van der Waals surface area contributed by atoms with E-state index in [4.69, 9.17) is 48.9 Å². The Labute approximate surface area is 219 Å². The van der Waals surface area contributed by atoms with Gasteiger partial charge in [0.05, 0.1) is 11.4 Å². The van der Waals surface area contributed by atoms with Crippen LogP contribution in [0.15, 0.2) is 72.8 Å². The zero-order valence-corrected chi connectivity index (χ0v) is 21.7. The number of hydrogen-bond acceptors (Lipinski definition) is 4. The van der Waals surface area contributed by atoms with E-state index >= 15 is 0 Å². The number of para-hydroxylation sites is 2. The van der Waals surface area contributed by atoms with Gasteiger partial charge in [0.1, 0.15) is 20.0 Å². The van der Waals surface area contributed by atoms with E-state index in [1.165, 1.54) is 0 Å². The van der Waals surface area contributed by atoms with Gasteiger partial charge in [0.15, 0.2) is 0 Å². The maximum atomic E-state index is 6.01. The van der Waals surface area contributed by atoms with Crippen LogP contribution in [0.4, 0.5) is 11.4 Å². The number of benzene rings is 4. The molecule has 0 amide bonds. The van der Waals surface area contributed by atoms with Gasteiger partial charge in [-0.1, -0.05) is 110 Å². The predicted molar refractivity (Wildman–Crippen MR) is 158 cm³/mol. The van der Waals surface area contributed by atoms with E-state index in [1.54, 1.807) is 0 Å². The van der Waals surface area contributed by atoms with Gasteiger partial charge >= 0.3 is 0 Å². The fourth-order valence-electron chi connectivity index (χ4n) is 4.94. The largest absolute Gasteiger partial charge is 0.290 e. The highest BCUT2D eigenvalue weighted by Crippen LogP contribution is 2.41. The van der Waals surface area contributed by atoms with E-state index < -0.39 is 0 Å². The Hall–Kier alpha value is -2.90. The molecule has 2 aliphatic rings. The molecule has 0 saturated heterocycles. The standard InChI is InChI=1S/C28H18N2S4/c1-15-7-3-5-9-21(15)29-25(31)17-11-13-19-24-20(14-12-18(23(17)24)26(29)32)28(34)30(27(19)33)22-10-6-4-8-16(22)2/h3-14H,1-2H3. The van der Waals surface area contributed by atoms with Crippen LogP contribution in [-0.4, -0.2) is 20.0 Å². The molecule has 0 unspecified atom stereocenters. The normalized spacial score (nSPS) is 14.9. The summed E-state index contributed by atoms with van der Waals surface area (Å²) in [6.45, 7) is 4.15.